The molecule has 124 valence electrons. The largest absolute Gasteiger partial charge is 0.374 e. The number of benzene rings is 2. The summed E-state index contributed by atoms with van der Waals surface area (Å²) in [5.74, 6) is 0.734. The van der Waals surface area contributed by atoms with E-state index in [0.29, 0.717) is 0 Å². The van der Waals surface area contributed by atoms with Gasteiger partial charge in [-0.05, 0) is 24.1 Å². The van der Waals surface area contributed by atoms with Crippen LogP contribution in [0.3, 0.4) is 0 Å². The summed E-state index contributed by atoms with van der Waals surface area (Å²) in [5, 5.41) is 6.97. The first-order chi connectivity index (χ1) is 11.8. The van der Waals surface area contributed by atoms with Crippen molar-refractivity contribution in [3.8, 4) is 0 Å². The number of hydrazine groups is 1. The van der Waals surface area contributed by atoms with Gasteiger partial charge in [0.25, 0.3) is 0 Å². The molecule has 1 unspecified atom stereocenters. The summed E-state index contributed by atoms with van der Waals surface area (Å²) >= 11 is 0. The van der Waals surface area contributed by atoms with Crippen LogP contribution in [0.1, 0.15) is 30.5 Å². The van der Waals surface area contributed by atoms with E-state index in [1.165, 1.54) is 5.56 Å². The number of hydrogen-bond donors (Lipinski definition) is 4. The van der Waals surface area contributed by atoms with Crippen molar-refractivity contribution in [3.05, 3.63) is 84.2 Å². The average molecular weight is 320 g/mol. The van der Waals surface area contributed by atoms with E-state index in [2.05, 4.69) is 77.5 Å². The highest BCUT2D eigenvalue weighted by Crippen LogP contribution is 2.33. The minimum absolute atomic E-state index is 0.125. The van der Waals surface area contributed by atoms with Crippen LogP contribution in [-0.2, 0) is 0 Å². The lowest BCUT2D eigenvalue weighted by Gasteiger charge is -2.28. The maximum Gasteiger partial charge on any atom is 0.110 e. The number of rotatable bonds is 7. The molecule has 4 N–H and O–H groups in total. The van der Waals surface area contributed by atoms with Gasteiger partial charge in [-0.1, -0.05) is 62.0 Å². The highest BCUT2D eigenvalue weighted by Gasteiger charge is 2.19. The zero-order chi connectivity index (χ0) is 16.8. The normalized spacial score (nSPS) is 15.7. The van der Waals surface area contributed by atoms with E-state index < -0.39 is 0 Å². The van der Waals surface area contributed by atoms with Gasteiger partial charge in [-0.25, -0.2) is 5.43 Å². The molecule has 4 nitrogen and oxygen atoms in total. The van der Waals surface area contributed by atoms with Crippen molar-refractivity contribution in [1.29, 1.82) is 0 Å². The molecule has 0 radical (unpaired) electrons. The summed E-state index contributed by atoms with van der Waals surface area (Å²) in [5.41, 5.74) is 10.8. The van der Waals surface area contributed by atoms with Gasteiger partial charge in [-0.15, -0.1) is 0 Å². The Hall–Kier alpha value is -2.72. The van der Waals surface area contributed by atoms with Crippen molar-refractivity contribution < 1.29 is 0 Å². The third-order valence-electron chi connectivity index (χ3n) is 3.92. The Labute approximate surface area is 143 Å². The van der Waals surface area contributed by atoms with E-state index in [1.807, 2.05) is 18.2 Å². The van der Waals surface area contributed by atoms with Gasteiger partial charge < -0.3 is 16.1 Å². The SMILES string of the molecule is C=C(NNCCC)NC1=CC(c2ccccc2)Nc2ccccc21. The number of para-hydroxylation sites is 1. The first kappa shape index (κ1) is 16.1. The van der Waals surface area contributed by atoms with Gasteiger partial charge in [0.05, 0.1) is 6.04 Å². The summed E-state index contributed by atoms with van der Waals surface area (Å²) < 4.78 is 0. The first-order valence-corrected chi connectivity index (χ1v) is 8.35. The molecule has 1 aliphatic heterocycles. The maximum absolute atomic E-state index is 4.05. The van der Waals surface area contributed by atoms with Crippen molar-refractivity contribution in [2.24, 2.45) is 0 Å². The summed E-state index contributed by atoms with van der Waals surface area (Å²) in [4.78, 5) is 0. The Bertz CT molecular complexity index is 721. The zero-order valence-corrected chi connectivity index (χ0v) is 14.0. The average Bonchev–Trinajstić information content (AvgIpc) is 2.62. The molecule has 0 aromatic heterocycles. The molecular formula is C20H24N4. The molecule has 0 spiro atoms. The Morgan fingerprint density at radius 1 is 1.08 bits per heavy atom. The molecule has 2 aromatic carbocycles. The summed E-state index contributed by atoms with van der Waals surface area (Å²) in [7, 11) is 0. The maximum atomic E-state index is 4.05. The van der Waals surface area contributed by atoms with Crippen LogP contribution in [0, 0.1) is 0 Å². The molecule has 24 heavy (non-hydrogen) atoms. The molecule has 0 bridgehead atoms. The van der Waals surface area contributed by atoms with Crippen molar-refractivity contribution in [2.45, 2.75) is 19.4 Å². The van der Waals surface area contributed by atoms with E-state index in [9.17, 15) is 0 Å². The Morgan fingerprint density at radius 2 is 1.83 bits per heavy atom. The molecule has 1 aliphatic rings. The lowest BCUT2D eigenvalue weighted by atomic mass is 9.97. The van der Waals surface area contributed by atoms with Crippen LogP contribution >= 0.6 is 0 Å². The lowest BCUT2D eigenvalue weighted by Crippen LogP contribution is -2.37. The summed E-state index contributed by atoms with van der Waals surface area (Å²) in [6, 6.07) is 18.9. The molecule has 3 rings (SSSR count). The third-order valence-corrected chi connectivity index (χ3v) is 3.92. The predicted molar refractivity (Wildman–Crippen MR) is 101 cm³/mol. The Kier molecular flexibility index (Phi) is 5.18. The topological polar surface area (TPSA) is 48.1 Å². The van der Waals surface area contributed by atoms with E-state index in [4.69, 9.17) is 0 Å². The van der Waals surface area contributed by atoms with E-state index in [-0.39, 0.29) is 6.04 Å². The second kappa shape index (κ2) is 7.70. The summed E-state index contributed by atoms with van der Waals surface area (Å²) in [6.07, 6.45) is 3.26. The van der Waals surface area contributed by atoms with Crippen LogP contribution in [0.4, 0.5) is 5.69 Å². The fraction of sp³-hybridized carbons (Fsp3) is 0.200. The molecule has 0 aliphatic carbocycles. The first-order valence-electron chi connectivity index (χ1n) is 8.35. The number of hydrogen-bond acceptors (Lipinski definition) is 4. The van der Waals surface area contributed by atoms with Gasteiger partial charge in [0.1, 0.15) is 5.82 Å². The van der Waals surface area contributed by atoms with Crippen LogP contribution < -0.4 is 21.5 Å². The van der Waals surface area contributed by atoms with Crippen LogP contribution in [0.5, 0.6) is 0 Å². The van der Waals surface area contributed by atoms with Crippen LogP contribution in [0.25, 0.3) is 5.70 Å². The van der Waals surface area contributed by atoms with Crippen molar-refractivity contribution >= 4 is 11.4 Å². The molecule has 2 aromatic rings. The molecule has 0 amide bonds. The van der Waals surface area contributed by atoms with E-state index >= 15 is 0 Å². The number of fused-ring (bicyclic) bond motifs is 1. The molecule has 0 fully saturated rings. The zero-order valence-electron chi connectivity index (χ0n) is 14.0. The second-order valence-corrected chi connectivity index (χ2v) is 5.81. The van der Waals surface area contributed by atoms with Crippen molar-refractivity contribution in [2.75, 3.05) is 11.9 Å². The molecule has 1 heterocycles. The van der Waals surface area contributed by atoms with Crippen molar-refractivity contribution in [3.63, 3.8) is 0 Å². The fourth-order valence-electron chi connectivity index (χ4n) is 2.75. The molecule has 4 heteroatoms. The summed E-state index contributed by atoms with van der Waals surface area (Å²) in [6.45, 7) is 7.06. The van der Waals surface area contributed by atoms with Crippen LogP contribution in [0.15, 0.2) is 73.1 Å². The smallest absolute Gasteiger partial charge is 0.110 e. The molecular weight excluding hydrogens is 296 g/mol. The van der Waals surface area contributed by atoms with E-state index in [1.54, 1.807) is 0 Å². The van der Waals surface area contributed by atoms with Gasteiger partial charge in [0.2, 0.25) is 0 Å². The monoisotopic (exact) mass is 320 g/mol. The molecule has 0 saturated heterocycles. The van der Waals surface area contributed by atoms with Gasteiger partial charge in [-0.2, -0.15) is 0 Å². The molecule has 0 saturated carbocycles. The van der Waals surface area contributed by atoms with Crippen LogP contribution in [0.2, 0.25) is 0 Å². The third kappa shape index (κ3) is 3.78. The standard InChI is InChI=1S/C20H24N4/c1-3-13-21-24-15(2)22-20-14-19(16-9-5-4-6-10-16)23-18-12-8-7-11-17(18)20/h4-12,14,19,21-24H,2-3,13H2,1H3. The highest BCUT2D eigenvalue weighted by atomic mass is 15.4. The number of nitrogens with one attached hydrogen (secondary N) is 4. The minimum atomic E-state index is 0.125. The van der Waals surface area contributed by atoms with Gasteiger partial charge >= 0.3 is 0 Å². The van der Waals surface area contributed by atoms with Crippen molar-refractivity contribution in [1.82, 2.24) is 16.2 Å². The predicted octanol–water partition coefficient (Wildman–Crippen LogP) is 3.76. The van der Waals surface area contributed by atoms with Gasteiger partial charge in [-0.3, -0.25) is 0 Å². The minimum Gasteiger partial charge on any atom is -0.374 e. The quantitative estimate of drug-likeness (QED) is 0.463. The Balaban J connectivity index is 1.82. The fourth-order valence-corrected chi connectivity index (χ4v) is 2.75. The molecule has 1 atom stereocenters. The van der Waals surface area contributed by atoms with Gasteiger partial charge in [0, 0.05) is 23.5 Å². The highest BCUT2D eigenvalue weighted by molar-refractivity contribution is 5.80. The lowest BCUT2D eigenvalue weighted by molar-refractivity contribution is 0.577. The van der Waals surface area contributed by atoms with E-state index in [0.717, 1.165) is 35.7 Å². The second-order valence-electron chi connectivity index (χ2n) is 5.81. The number of anilines is 1. The van der Waals surface area contributed by atoms with Gasteiger partial charge in [0.15, 0.2) is 0 Å². The van der Waals surface area contributed by atoms with Crippen LogP contribution in [-0.4, -0.2) is 6.54 Å². The Morgan fingerprint density at radius 3 is 2.62 bits per heavy atom.